The number of rotatable bonds is 29. The van der Waals surface area contributed by atoms with Gasteiger partial charge in [-0.1, -0.05) is 0 Å². The van der Waals surface area contributed by atoms with E-state index in [9.17, 15) is 142 Å². The Hall–Kier alpha value is -3.76. The van der Waals surface area contributed by atoms with Crippen LogP contribution in [0.15, 0.2) is 0 Å². The van der Waals surface area contributed by atoms with Crippen LogP contribution in [0.1, 0.15) is 34.6 Å². The molecule has 9 fully saturated rings. The van der Waals surface area contributed by atoms with Gasteiger partial charge in [-0.05, 0) is 6.92 Å². The molecule has 9 aliphatic rings. The zero-order valence-electron chi connectivity index (χ0n) is 60.7. The number of hydrogen-bond acceptors (Lipinski definition) is 45. The van der Waals surface area contributed by atoms with Gasteiger partial charge >= 0.3 is 0 Å². The Morgan fingerprint density at radius 3 is 0.839 bits per heavy atom. The third kappa shape index (κ3) is 20.2. The van der Waals surface area contributed by atoms with E-state index in [2.05, 4.69) is 21.3 Å². The average molecular weight is 1640 g/mol. The molecule has 648 valence electrons. The van der Waals surface area contributed by atoms with Gasteiger partial charge in [-0.25, -0.2) is 0 Å². The fourth-order valence-electron chi connectivity index (χ4n) is 14.7. The highest BCUT2D eigenvalue weighted by Crippen LogP contribution is 2.40. The molecule has 4 amide bonds. The standard InChI is InChI=1S/C63H106N4O45/c1-15-29(64-16(2)76)38(85)49(24(10-72)97-15)106-56-30(65-17(3)77)39(86)52(27(13-75)102-56)109-61-48(95)53(110-63-55(45(92)36(83)23(9-71)101-63)112-58-32(67-19(5)79)41(88)51(26(12-74)104-58)108-60-47(94)43(90)34(81)21(7-69)99-60)37(84)28(105-61)14-96-62-54(44(91)35(82)22(8-70)100-62)111-57-31(66-18(4)78)40(87)50(25(11-73)103-57)107-59-46(93)42(89)33(80)20(6-68)98-59/h15,20-63,68-75,80-95H,6-14H2,1-5H3,(H,64,76)(H,65,77)(H,66,78)(H,67,79)/t15-,20?,21?,22?,23?,24?,25-,26?,27?,28?,29+,30-,31?,32?,33-,34-,35+,36+,37+,38?,39?,40?,41+,42-,43-,44-,45?,46?,47?,48+,49+,50+,51+,52+,53?,54?,55?,56-,57-,58-,59-,60-,61-,62-,63+/m0/s1. The first-order chi connectivity index (χ1) is 53.0. The first kappa shape index (κ1) is 92.1. The van der Waals surface area contributed by atoms with Crippen LogP contribution in [0.2, 0.25) is 0 Å². The van der Waals surface area contributed by atoms with E-state index in [0.717, 1.165) is 27.7 Å². The number of aliphatic hydroxyl groups excluding tert-OH is 24. The summed E-state index contributed by atoms with van der Waals surface area (Å²) in [5.74, 6) is -3.40. The molecule has 0 aromatic carbocycles. The van der Waals surface area contributed by atoms with E-state index in [1.54, 1.807) is 0 Å². The lowest BCUT2D eigenvalue weighted by Gasteiger charge is -2.51. The molecule has 9 aliphatic heterocycles. The highest BCUT2D eigenvalue weighted by molar-refractivity contribution is 5.74. The monoisotopic (exact) mass is 1640 g/mol. The van der Waals surface area contributed by atoms with E-state index in [4.69, 9.17) is 80.5 Å². The molecule has 49 heteroatoms. The van der Waals surface area contributed by atoms with Crippen LogP contribution in [-0.2, 0) is 99.7 Å². The predicted molar refractivity (Wildman–Crippen MR) is 347 cm³/mol. The van der Waals surface area contributed by atoms with E-state index >= 15 is 0 Å². The normalized spacial score (nSPS) is 48.9. The fraction of sp³-hybridized carbons (Fsp3) is 0.937. The number of ether oxygens (including phenoxy) is 17. The minimum absolute atomic E-state index is 0.628. The van der Waals surface area contributed by atoms with Crippen molar-refractivity contribution in [2.75, 3.05) is 59.5 Å². The average Bonchev–Trinajstić information content (AvgIpc) is 0.983. The maximum absolute atomic E-state index is 13.0. The summed E-state index contributed by atoms with van der Waals surface area (Å²) in [4.78, 5) is 51.1. The Morgan fingerprint density at radius 2 is 0.491 bits per heavy atom. The summed E-state index contributed by atoms with van der Waals surface area (Å²) < 4.78 is 101. The number of nitrogens with one attached hydrogen (secondary N) is 4. The summed E-state index contributed by atoms with van der Waals surface area (Å²) in [7, 11) is 0. The second kappa shape index (κ2) is 40.3. The third-order valence-corrected chi connectivity index (χ3v) is 20.6. The Morgan fingerprint density at radius 1 is 0.241 bits per heavy atom. The van der Waals surface area contributed by atoms with Crippen molar-refractivity contribution in [3.8, 4) is 0 Å². The van der Waals surface area contributed by atoms with Crippen LogP contribution in [0.4, 0.5) is 0 Å². The molecule has 0 radical (unpaired) electrons. The van der Waals surface area contributed by atoms with Crippen LogP contribution in [0.25, 0.3) is 0 Å². The highest BCUT2D eigenvalue weighted by atomic mass is 16.8. The number of aliphatic hydroxyl groups is 24. The number of carbonyl (C=O) groups is 4. The maximum atomic E-state index is 13.0. The van der Waals surface area contributed by atoms with Crippen LogP contribution in [-0.4, -0.2) is 482 Å². The second-order valence-corrected chi connectivity index (χ2v) is 28.5. The Kier molecular flexibility index (Phi) is 33.2. The largest absolute Gasteiger partial charge is 0.394 e. The molecule has 0 aromatic heterocycles. The van der Waals surface area contributed by atoms with Crippen molar-refractivity contribution in [1.29, 1.82) is 0 Å². The highest BCUT2D eigenvalue weighted by Gasteiger charge is 2.61. The number of amides is 4. The molecule has 0 bridgehead atoms. The van der Waals surface area contributed by atoms with E-state index in [-0.39, 0.29) is 0 Å². The molecule has 19 unspecified atom stereocenters. The van der Waals surface area contributed by atoms with Crippen molar-refractivity contribution in [2.45, 2.75) is 311 Å². The number of carbonyl (C=O) groups excluding carboxylic acids is 4. The zero-order valence-corrected chi connectivity index (χ0v) is 60.7. The molecular formula is C63H106N4O45. The lowest BCUT2D eigenvalue weighted by molar-refractivity contribution is -0.398. The summed E-state index contributed by atoms with van der Waals surface area (Å²) >= 11 is 0. The van der Waals surface area contributed by atoms with Gasteiger partial charge in [0, 0.05) is 27.7 Å². The summed E-state index contributed by atoms with van der Waals surface area (Å²) in [6.45, 7) is -4.12. The van der Waals surface area contributed by atoms with Crippen LogP contribution in [0, 0.1) is 0 Å². The molecule has 9 heterocycles. The SMILES string of the molecule is CC(=O)NC1C(O)[C@H](O[C@@H]2OC(CO)[C@H](O)[C@H](O)C2O)[C@H](CO)O[C@H]1OC1[C@@H](OCC2O[C@@H](O[C@@H]3C(CO)O[C@@H](O[C@@H]4C(CO)O[C@@H](C)[C@@H](NC(C)=O)C4O)[C@@H](NC(C)=O)C3O)[C@H](O)C(O[C@H]3OC(CO)[C@@H](O)C(O)C3O[C@@H]3OC(CO)[C@@H](O[C@@H]4OC(CO)[C@H](O)[C@H](O)C4O)[C@H](O)C3NC(C)=O)[C@@H]2O)OC(CO)[C@@H](O)[C@@H]1O. The lowest BCUT2D eigenvalue weighted by Crippen LogP contribution is -2.71. The van der Waals surface area contributed by atoms with Gasteiger partial charge in [-0.15, -0.1) is 0 Å². The van der Waals surface area contributed by atoms with Crippen molar-refractivity contribution in [1.82, 2.24) is 21.3 Å². The minimum atomic E-state index is -2.55. The molecule has 9 saturated heterocycles. The topological polar surface area (TPSA) is 759 Å². The van der Waals surface area contributed by atoms with Crippen molar-refractivity contribution in [3.05, 3.63) is 0 Å². The third-order valence-electron chi connectivity index (χ3n) is 20.6. The molecule has 49 nitrogen and oxygen atoms in total. The van der Waals surface area contributed by atoms with Gasteiger partial charge in [-0.3, -0.25) is 19.2 Å². The van der Waals surface area contributed by atoms with E-state index in [1.165, 1.54) is 6.92 Å². The van der Waals surface area contributed by atoms with Gasteiger partial charge in [0.1, 0.15) is 213 Å². The van der Waals surface area contributed by atoms with Gasteiger partial charge in [0.05, 0.1) is 71.6 Å². The molecule has 28 N–H and O–H groups in total. The molecular weight excluding hydrogens is 1530 g/mol. The Labute approximate surface area is 635 Å². The second-order valence-electron chi connectivity index (χ2n) is 28.5. The van der Waals surface area contributed by atoms with Gasteiger partial charge in [0.15, 0.2) is 50.3 Å². The van der Waals surface area contributed by atoms with E-state index in [0.29, 0.717) is 0 Å². The van der Waals surface area contributed by atoms with Crippen molar-refractivity contribution >= 4 is 23.6 Å². The smallest absolute Gasteiger partial charge is 0.217 e. The van der Waals surface area contributed by atoms with E-state index < -0.39 is 359 Å². The van der Waals surface area contributed by atoms with Gasteiger partial charge in [-0.2, -0.15) is 0 Å². The van der Waals surface area contributed by atoms with Crippen molar-refractivity contribution < 1.29 is 222 Å². The quantitative estimate of drug-likeness (QED) is 0.0331. The molecule has 9 rings (SSSR count). The lowest BCUT2D eigenvalue weighted by atomic mass is 9.92. The minimum Gasteiger partial charge on any atom is -0.394 e. The molecule has 112 heavy (non-hydrogen) atoms. The first-order valence-corrected chi connectivity index (χ1v) is 36.0. The molecule has 0 spiro atoms. The maximum Gasteiger partial charge on any atom is 0.217 e. The molecule has 45 atom stereocenters. The van der Waals surface area contributed by atoms with Crippen LogP contribution in [0.5, 0.6) is 0 Å². The fourth-order valence-corrected chi connectivity index (χ4v) is 14.7. The predicted octanol–water partition coefficient (Wildman–Crippen LogP) is -19.0. The molecule has 0 aliphatic carbocycles. The summed E-state index contributed by atoms with van der Waals surface area (Å²) in [6, 6.07) is -6.90. The number of hydrogen-bond donors (Lipinski definition) is 28. The van der Waals surface area contributed by atoms with Crippen LogP contribution < -0.4 is 21.3 Å². The first-order valence-electron chi connectivity index (χ1n) is 36.0. The Balaban J connectivity index is 1.05. The van der Waals surface area contributed by atoms with Crippen LogP contribution >= 0.6 is 0 Å². The summed E-state index contributed by atoms with van der Waals surface area (Å²) in [5.41, 5.74) is 0. The van der Waals surface area contributed by atoms with Gasteiger partial charge < -0.3 is 224 Å². The zero-order chi connectivity index (χ0) is 82.5. The molecule has 0 aromatic rings. The Bertz CT molecular complexity index is 2970. The van der Waals surface area contributed by atoms with E-state index in [1.807, 2.05) is 0 Å². The summed E-state index contributed by atoms with van der Waals surface area (Å²) in [6.07, 6.45) is -82.9. The molecule has 0 saturated carbocycles. The summed E-state index contributed by atoms with van der Waals surface area (Å²) in [5, 5.41) is 277. The van der Waals surface area contributed by atoms with Gasteiger partial charge in [0.2, 0.25) is 23.6 Å². The van der Waals surface area contributed by atoms with Crippen LogP contribution in [0.3, 0.4) is 0 Å². The van der Waals surface area contributed by atoms with Crippen molar-refractivity contribution in [3.63, 3.8) is 0 Å². The van der Waals surface area contributed by atoms with Crippen molar-refractivity contribution in [2.24, 2.45) is 0 Å². The van der Waals surface area contributed by atoms with Gasteiger partial charge in [0.25, 0.3) is 0 Å².